The summed E-state index contributed by atoms with van der Waals surface area (Å²) in [7, 11) is 0. The van der Waals surface area contributed by atoms with E-state index >= 15 is 0 Å². The molecule has 0 fully saturated rings. The highest BCUT2D eigenvalue weighted by molar-refractivity contribution is 5.94. The number of ether oxygens (including phenoxy) is 1. The van der Waals surface area contributed by atoms with Crippen LogP contribution in [0.5, 0.6) is 5.75 Å². The van der Waals surface area contributed by atoms with Crippen molar-refractivity contribution in [2.45, 2.75) is 26.4 Å². The van der Waals surface area contributed by atoms with Crippen LogP contribution in [-0.2, 0) is 6.54 Å². The summed E-state index contributed by atoms with van der Waals surface area (Å²) in [5.41, 5.74) is 7.43. The molecule has 0 radical (unpaired) electrons. The van der Waals surface area contributed by atoms with Crippen LogP contribution in [0.25, 0.3) is 0 Å². The van der Waals surface area contributed by atoms with Crippen LogP contribution in [0.1, 0.15) is 41.4 Å². The fourth-order valence-corrected chi connectivity index (χ4v) is 2.37. The Kier molecular flexibility index (Phi) is 6.39. The molecule has 0 heterocycles. The Morgan fingerprint density at radius 1 is 1.16 bits per heavy atom. The number of urea groups is 1. The summed E-state index contributed by atoms with van der Waals surface area (Å²) >= 11 is 0. The smallest absolute Gasteiger partial charge is 0.312 e. The number of rotatable bonds is 7. The molecule has 0 aliphatic carbocycles. The fraction of sp³-hybridized carbons (Fsp3) is 0.263. The SMILES string of the molecule is CCOc1cccc(C(C)NC(=O)c2ccc(CNC(N)=O)cc2)c1. The minimum Gasteiger partial charge on any atom is -0.494 e. The van der Waals surface area contributed by atoms with Gasteiger partial charge in [0.1, 0.15) is 5.75 Å². The van der Waals surface area contributed by atoms with Gasteiger partial charge in [0.25, 0.3) is 5.91 Å². The van der Waals surface area contributed by atoms with Crippen molar-refractivity contribution in [2.24, 2.45) is 5.73 Å². The lowest BCUT2D eigenvalue weighted by molar-refractivity contribution is 0.0939. The van der Waals surface area contributed by atoms with Crippen LogP contribution in [0.15, 0.2) is 48.5 Å². The lowest BCUT2D eigenvalue weighted by Gasteiger charge is -2.15. The van der Waals surface area contributed by atoms with Crippen molar-refractivity contribution in [3.8, 4) is 5.75 Å². The summed E-state index contributed by atoms with van der Waals surface area (Å²) in [4.78, 5) is 23.1. The van der Waals surface area contributed by atoms with Gasteiger partial charge >= 0.3 is 6.03 Å². The summed E-state index contributed by atoms with van der Waals surface area (Å²) in [6.45, 7) is 4.79. The van der Waals surface area contributed by atoms with Gasteiger partial charge in [0.05, 0.1) is 12.6 Å². The number of carbonyl (C=O) groups is 2. The zero-order chi connectivity index (χ0) is 18.2. The van der Waals surface area contributed by atoms with Crippen molar-refractivity contribution in [1.29, 1.82) is 0 Å². The predicted octanol–water partition coefficient (Wildman–Crippen LogP) is 2.74. The van der Waals surface area contributed by atoms with Gasteiger partial charge in [-0.05, 0) is 49.2 Å². The molecule has 132 valence electrons. The van der Waals surface area contributed by atoms with Gasteiger partial charge in [-0.25, -0.2) is 4.79 Å². The molecule has 2 rings (SSSR count). The molecule has 0 saturated heterocycles. The Bertz CT molecular complexity index is 729. The monoisotopic (exact) mass is 341 g/mol. The maximum Gasteiger partial charge on any atom is 0.312 e. The van der Waals surface area contributed by atoms with E-state index in [0.717, 1.165) is 16.9 Å². The Morgan fingerprint density at radius 3 is 2.52 bits per heavy atom. The Hall–Kier alpha value is -3.02. The number of nitrogens with one attached hydrogen (secondary N) is 2. The van der Waals surface area contributed by atoms with Crippen molar-refractivity contribution in [3.05, 3.63) is 65.2 Å². The molecule has 0 saturated carbocycles. The first-order valence-electron chi connectivity index (χ1n) is 8.15. The van der Waals surface area contributed by atoms with E-state index in [1.54, 1.807) is 24.3 Å². The van der Waals surface area contributed by atoms with Crippen LogP contribution in [0, 0.1) is 0 Å². The Morgan fingerprint density at radius 2 is 1.88 bits per heavy atom. The molecule has 2 aromatic carbocycles. The Labute approximate surface area is 147 Å². The summed E-state index contributed by atoms with van der Waals surface area (Å²) < 4.78 is 5.49. The third-order valence-electron chi connectivity index (χ3n) is 3.70. The molecular weight excluding hydrogens is 318 g/mol. The molecule has 0 bridgehead atoms. The zero-order valence-electron chi connectivity index (χ0n) is 14.4. The molecular formula is C19H23N3O3. The molecule has 0 aliphatic heterocycles. The van der Waals surface area contributed by atoms with E-state index in [1.807, 2.05) is 38.1 Å². The normalized spacial score (nSPS) is 11.4. The van der Waals surface area contributed by atoms with E-state index in [-0.39, 0.29) is 11.9 Å². The van der Waals surface area contributed by atoms with E-state index in [9.17, 15) is 9.59 Å². The molecule has 0 aromatic heterocycles. The average molecular weight is 341 g/mol. The number of amides is 3. The van der Waals surface area contributed by atoms with E-state index in [2.05, 4.69) is 10.6 Å². The topological polar surface area (TPSA) is 93.4 Å². The molecule has 6 nitrogen and oxygen atoms in total. The third-order valence-corrected chi connectivity index (χ3v) is 3.70. The zero-order valence-corrected chi connectivity index (χ0v) is 14.4. The second kappa shape index (κ2) is 8.73. The van der Waals surface area contributed by atoms with Gasteiger partial charge in [-0.15, -0.1) is 0 Å². The van der Waals surface area contributed by atoms with Gasteiger partial charge < -0.3 is 21.1 Å². The second-order valence-electron chi connectivity index (χ2n) is 5.62. The maximum atomic E-state index is 12.4. The second-order valence-corrected chi connectivity index (χ2v) is 5.62. The average Bonchev–Trinajstić information content (AvgIpc) is 2.61. The number of hydrogen-bond donors (Lipinski definition) is 3. The van der Waals surface area contributed by atoms with Gasteiger partial charge in [-0.2, -0.15) is 0 Å². The number of nitrogens with two attached hydrogens (primary N) is 1. The fourth-order valence-electron chi connectivity index (χ4n) is 2.37. The van der Waals surface area contributed by atoms with E-state index in [1.165, 1.54) is 0 Å². The van der Waals surface area contributed by atoms with Crippen molar-refractivity contribution < 1.29 is 14.3 Å². The molecule has 25 heavy (non-hydrogen) atoms. The highest BCUT2D eigenvalue weighted by Gasteiger charge is 2.12. The van der Waals surface area contributed by atoms with E-state index < -0.39 is 6.03 Å². The Balaban J connectivity index is 1.98. The summed E-state index contributed by atoms with van der Waals surface area (Å²) in [6.07, 6.45) is 0. The molecule has 1 atom stereocenters. The minimum atomic E-state index is -0.579. The minimum absolute atomic E-state index is 0.149. The van der Waals surface area contributed by atoms with Crippen LogP contribution >= 0.6 is 0 Å². The van der Waals surface area contributed by atoms with Crippen molar-refractivity contribution in [1.82, 2.24) is 10.6 Å². The van der Waals surface area contributed by atoms with Crippen LogP contribution in [0.2, 0.25) is 0 Å². The van der Waals surface area contributed by atoms with E-state index in [4.69, 9.17) is 10.5 Å². The van der Waals surface area contributed by atoms with Gasteiger partial charge in [0.2, 0.25) is 0 Å². The lowest BCUT2D eigenvalue weighted by atomic mass is 10.1. The van der Waals surface area contributed by atoms with Gasteiger partial charge in [-0.1, -0.05) is 24.3 Å². The van der Waals surface area contributed by atoms with Gasteiger partial charge in [0.15, 0.2) is 0 Å². The summed E-state index contributed by atoms with van der Waals surface area (Å²) in [5, 5.41) is 5.47. The van der Waals surface area contributed by atoms with Crippen molar-refractivity contribution in [3.63, 3.8) is 0 Å². The maximum absolute atomic E-state index is 12.4. The van der Waals surface area contributed by atoms with Crippen LogP contribution in [-0.4, -0.2) is 18.5 Å². The van der Waals surface area contributed by atoms with Crippen molar-refractivity contribution >= 4 is 11.9 Å². The first kappa shape index (κ1) is 18.3. The van der Waals surface area contributed by atoms with Crippen molar-refractivity contribution in [2.75, 3.05) is 6.61 Å². The first-order valence-corrected chi connectivity index (χ1v) is 8.15. The largest absolute Gasteiger partial charge is 0.494 e. The molecule has 4 N–H and O–H groups in total. The molecule has 3 amide bonds. The molecule has 2 aromatic rings. The summed E-state index contributed by atoms with van der Waals surface area (Å²) in [5.74, 6) is 0.621. The number of benzene rings is 2. The van der Waals surface area contributed by atoms with Crippen LogP contribution in [0.4, 0.5) is 4.79 Å². The third kappa shape index (κ3) is 5.53. The highest BCUT2D eigenvalue weighted by atomic mass is 16.5. The standard InChI is InChI=1S/C19H23N3O3/c1-3-25-17-6-4-5-16(11-17)13(2)22-18(23)15-9-7-14(8-10-15)12-21-19(20)24/h4-11,13H,3,12H2,1-2H3,(H,22,23)(H3,20,21,24). The van der Waals surface area contributed by atoms with Gasteiger partial charge in [0, 0.05) is 12.1 Å². The van der Waals surface area contributed by atoms with Crippen LogP contribution in [0.3, 0.4) is 0 Å². The first-order chi connectivity index (χ1) is 12.0. The van der Waals surface area contributed by atoms with E-state index in [0.29, 0.717) is 18.7 Å². The quantitative estimate of drug-likeness (QED) is 0.723. The number of hydrogen-bond acceptors (Lipinski definition) is 3. The molecule has 1 unspecified atom stereocenters. The van der Waals surface area contributed by atoms with Gasteiger partial charge in [-0.3, -0.25) is 4.79 Å². The molecule has 0 aliphatic rings. The van der Waals surface area contributed by atoms with Crippen LogP contribution < -0.4 is 21.1 Å². The predicted molar refractivity (Wildman–Crippen MR) is 96.4 cm³/mol. The highest BCUT2D eigenvalue weighted by Crippen LogP contribution is 2.19. The number of carbonyl (C=O) groups excluding carboxylic acids is 2. The lowest BCUT2D eigenvalue weighted by Crippen LogP contribution is -2.28. The molecule has 6 heteroatoms. The molecule has 0 spiro atoms. The summed E-state index contributed by atoms with van der Waals surface area (Å²) in [6, 6.07) is 13.9. The number of primary amides is 1.